The van der Waals surface area contributed by atoms with Crippen LogP contribution in [0.3, 0.4) is 0 Å². The molecule has 0 aliphatic rings. The molecule has 182 valence electrons. The van der Waals surface area contributed by atoms with Gasteiger partial charge in [-0.15, -0.1) is 0 Å². The van der Waals surface area contributed by atoms with Crippen molar-refractivity contribution in [3.63, 3.8) is 0 Å². The third-order valence-electron chi connectivity index (χ3n) is 5.19. The number of methoxy groups -OCH3 is 4. The van der Waals surface area contributed by atoms with Crippen molar-refractivity contribution in [1.29, 1.82) is 0 Å². The number of benzene rings is 3. The van der Waals surface area contributed by atoms with E-state index in [0.717, 1.165) is 0 Å². The Bertz CT molecular complexity index is 1260. The number of anilines is 2. The molecule has 35 heavy (non-hydrogen) atoms. The van der Waals surface area contributed by atoms with Crippen LogP contribution in [0.1, 0.15) is 15.9 Å². The first-order valence-corrected chi connectivity index (χ1v) is 10.4. The van der Waals surface area contributed by atoms with Crippen LogP contribution in [-0.2, 0) is 4.79 Å². The van der Waals surface area contributed by atoms with E-state index in [9.17, 15) is 14.7 Å². The van der Waals surface area contributed by atoms with Crippen LogP contribution in [0.15, 0.2) is 54.6 Å². The van der Waals surface area contributed by atoms with E-state index in [2.05, 4.69) is 5.32 Å². The summed E-state index contributed by atoms with van der Waals surface area (Å²) in [6, 6.07) is 12.8. The third kappa shape index (κ3) is 5.64. The van der Waals surface area contributed by atoms with E-state index >= 15 is 0 Å². The van der Waals surface area contributed by atoms with Crippen LogP contribution in [0, 0.1) is 0 Å². The Morgan fingerprint density at radius 3 is 2.06 bits per heavy atom. The van der Waals surface area contributed by atoms with Gasteiger partial charge in [0.15, 0.2) is 0 Å². The first kappa shape index (κ1) is 25.0. The zero-order valence-electron chi connectivity index (χ0n) is 19.7. The number of amides is 1. The predicted octanol–water partition coefficient (Wildman–Crippen LogP) is 4.32. The highest BCUT2D eigenvalue weighted by molar-refractivity contribution is 6.03. The van der Waals surface area contributed by atoms with Gasteiger partial charge in [0.2, 0.25) is 5.91 Å². The minimum atomic E-state index is -1.11. The fourth-order valence-electron chi connectivity index (χ4n) is 3.51. The Balaban J connectivity index is 1.93. The van der Waals surface area contributed by atoms with Crippen LogP contribution >= 0.6 is 0 Å². The zero-order valence-corrected chi connectivity index (χ0v) is 19.7. The van der Waals surface area contributed by atoms with Gasteiger partial charge in [0.1, 0.15) is 23.0 Å². The number of carbonyl (C=O) groups is 2. The number of ether oxygens (including phenoxy) is 4. The minimum absolute atomic E-state index is 0.0552. The Labute approximate surface area is 202 Å². The molecule has 0 aliphatic carbocycles. The number of carboxylic acid groups (broad SMARTS) is 1. The first-order valence-electron chi connectivity index (χ1n) is 10.4. The summed E-state index contributed by atoms with van der Waals surface area (Å²) in [5.41, 5.74) is 8.18. The number of nitrogen functional groups attached to an aromatic ring is 1. The largest absolute Gasteiger partial charge is 0.496 e. The number of aromatic carboxylic acids is 1. The van der Waals surface area contributed by atoms with Crippen molar-refractivity contribution < 1.29 is 33.6 Å². The maximum atomic E-state index is 12.7. The molecule has 0 bridgehead atoms. The van der Waals surface area contributed by atoms with E-state index in [1.165, 1.54) is 46.6 Å². The summed E-state index contributed by atoms with van der Waals surface area (Å²) >= 11 is 0. The van der Waals surface area contributed by atoms with Crippen LogP contribution < -0.4 is 30.0 Å². The Morgan fingerprint density at radius 2 is 1.49 bits per heavy atom. The summed E-state index contributed by atoms with van der Waals surface area (Å²) in [4.78, 5) is 24.4. The highest BCUT2D eigenvalue weighted by Gasteiger charge is 2.17. The molecule has 0 spiro atoms. The van der Waals surface area contributed by atoms with Crippen LogP contribution in [0.4, 0.5) is 11.4 Å². The number of carbonyl (C=O) groups excluding carboxylic acids is 1. The quantitative estimate of drug-likeness (QED) is 0.306. The number of hydrogen-bond acceptors (Lipinski definition) is 7. The van der Waals surface area contributed by atoms with Gasteiger partial charge in [-0.3, -0.25) is 4.79 Å². The average molecular weight is 479 g/mol. The monoisotopic (exact) mass is 478 g/mol. The second kappa shape index (κ2) is 11.0. The molecule has 0 radical (unpaired) electrons. The maximum absolute atomic E-state index is 12.7. The molecular formula is C26H26N2O7. The molecule has 0 heterocycles. The Kier molecular flexibility index (Phi) is 7.83. The lowest BCUT2D eigenvalue weighted by Crippen LogP contribution is -2.08. The van der Waals surface area contributed by atoms with Crippen LogP contribution in [0.5, 0.6) is 23.0 Å². The second-order valence-electron chi connectivity index (χ2n) is 7.29. The van der Waals surface area contributed by atoms with Crippen LogP contribution in [-0.4, -0.2) is 45.4 Å². The van der Waals surface area contributed by atoms with Crippen LogP contribution in [0.2, 0.25) is 0 Å². The highest BCUT2D eigenvalue weighted by Crippen LogP contribution is 2.37. The molecule has 3 aromatic rings. The number of rotatable bonds is 9. The molecule has 1 amide bonds. The summed E-state index contributed by atoms with van der Waals surface area (Å²) in [6.07, 6.45) is 2.90. The van der Waals surface area contributed by atoms with Crippen LogP contribution in [0.25, 0.3) is 17.2 Å². The smallest absolute Gasteiger partial charge is 0.336 e. The summed E-state index contributed by atoms with van der Waals surface area (Å²) in [6.45, 7) is 0. The molecule has 9 nitrogen and oxygen atoms in total. The van der Waals surface area contributed by atoms with E-state index in [1.807, 2.05) is 0 Å². The molecule has 4 N–H and O–H groups in total. The van der Waals surface area contributed by atoms with E-state index in [4.69, 9.17) is 24.7 Å². The average Bonchev–Trinajstić information content (AvgIpc) is 2.86. The van der Waals surface area contributed by atoms with E-state index in [1.54, 1.807) is 42.5 Å². The standard InChI is InChI=1S/C26H26N2O7/c1-32-17-13-23(34-3)19(24(14-17)35-4)8-10-25(29)28-16-6-9-22(33-2)21(12-16)20-11-15(27)5-7-18(20)26(30)31/h5-14H,27H2,1-4H3,(H,28,29)(H,30,31)/b10-8+. The van der Waals surface area contributed by atoms with Gasteiger partial charge in [-0.05, 0) is 42.5 Å². The van der Waals surface area contributed by atoms with Gasteiger partial charge >= 0.3 is 5.97 Å². The van der Waals surface area contributed by atoms with Crippen molar-refractivity contribution in [1.82, 2.24) is 0 Å². The molecule has 0 aliphatic heterocycles. The molecule has 0 saturated carbocycles. The predicted molar refractivity (Wildman–Crippen MR) is 134 cm³/mol. The molecular weight excluding hydrogens is 452 g/mol. The fourth-order valence-corrected chi connectivity index (χ4v) is 3.51. The number of nitrogens with two attached hydrogens (primary N) is 1. The van der Waals surface area contributed by atoms with Crippen molar-refractivity contribution in [3.8, 4) is 34.1 Å². The lowest BCUT2D eigenvalue weighted by molar-refractivity contribution is -0.111. The zero-order chi connectivity index (χ0) is 25.5. The van der Waals surface area contributed by atoms with Gasteiger partial charge in [-0.2, -0.15) is 0 Å². The summed E-state index contributed by atoms with van der Waals surface area (Å²) in [5.74, 6) is 0.390. The normalized spacial score (nSPS) is 10.6. The van der Waals surface area contributed by atoms with Crippen molar-refractivity contribution in [3.05, 3.63) is 65.7 Å². The number of nitrogens with one attached hydrogen (secondary N) is 1. The van der Waals surface area contributed by atoms with E-state index in [0.29, 0.717) is 51.1 Å². The lowest BCUT2D eigenvalue weighted by Gasteiger charge is -2.14. The summed E-state index contributed by atoms with van der Waals surface area (Å²) in [5, 5.41) is 12.4. The third-order valence-corrected chi connectivity index (χ3v) is 5.19. The van der Waals surface area contributed by atoms with Gasteiger partial charge in [0, 0.05) is 40.7 Å². The summed E-state index contributed by atoms with van der Waals surface area (Å²) < 4.78 is 21.4. The maximum Gasteiger partial charge on any atom is 0.336 e. The molecule has 0 saturated heterocycles. The van der Waals surface area contributed by atoms with Crippen molar-refractivity contribution in [2.75, 3.05) is 39.5 Å². The van der Waals surface area contributed by atoms with Gasteiger partial charge < -0.3 is 35.1 Å². The minimum Gasteiger partial charge on any atom is -0.496 e. The fraction of sp³-hybridized carbons (Fsp3) is 0.154. The van der Waals surface area contributed by atoms with Crippen molar-refractivity contribution in [2.24, 2.45) is 0 Å². The Morgan fingerprint density at radius 1 is 0.829 bits per heavy atom. The second-order valence-corrected chi connectivity index (χ2v) is 7.29. The molecule has 0 atom stereocenters. The van der Waals surface area contributed by atoms with Gasteiger partial charge in [-0.25, -0.2) is 4.79 Å². The molecule has 0 fully saturated rings. The van der Waals surface area contributed by atoms with Crippen molar-refractivity contribution >= 4 is 29.3 Å². The molecule has 3 rings (SSSR count). The van der Waals surface area contributed by atoms with Gasteiger partial charge in [0.25, 0.3) is 0 Å². The lowest BCUT2D eigenvalue weighted by atomic mass is 9.97. The van der Waals surface area contributed by atoms with Gasteiger partial charge in [0.05, 0.1) is 39.6 Å². The van der Waals surface area contributed by atoms with E-state index in [-0.39, 0.29) is 5.56 Å². The van der Waals surface area contributed by atoms with Gasteiger partial charge in [-0.1, -0.05) is 0 Å². The summed E-state index contributed by atoms with van der Waals surface area (Å²) in [7, 11) is 6.02. The topological polar surface area (TPSA) is 129 Å². The van der Waals surface area contributed by atoms with E-state index < -0.39 is 11.9 Å². The SMILES string of the molecule is COc1cc(OC)c(/C=C/C(=O)Nc2ccc(OC)c(-c3cc(N)ccc3C(=O)O)c2)c(OC)c1. The first-order chi connectivity index (χ1) is 16.8. The molecule has 9 heteroatoms. The number of hydrogen-bond donors (Lipinski definition) is 3. The Hall–Kier alpha value is -4.66. The molecule has 3 aromatic carbocycles. The number of carboxylic acids is 1. The van der Waals surface area contributed by atoms with Crippen molar-refractivity contribution in [2.45, 2.75) is 0 Å². The molecule has 0 unspecified atom stereocenters. The molecule has 0 aromatic heterocycles. The highest BCUT2D eigenvalue weighted by atomic mass is 16.5.